The van der Waals surface area contributed by atoms with Crippen molar-refractivity contribution in [3.05, 3.63) is 96.5 Å². The molecular weight excluding hydrogens is 557 g/mol. The van der Waals surface area contributed by atoms with Gasteiger partial charge in [-0.05, 0) is 35.8 Å². The van der Waals surface area contributed by atoms with Gasteiger partial charge < -0.3 is 9.88 Å². The van der Waals surface area contributed by atoms with E-state index in [1.807, 2.05) is 6.07 Å². The number of pyridine rings is 1. The fourth-order valence-electron chi connectivity index (χ4n) is 3.43. The zero-order valence-corrected chi connectivity index (χ0v) is 21.8. The molecular formula is C23H15Cl2N7O3S2. The van der Waals surface area contributed by atoms with Crippen molar-refractivity contribution in [1.82, 2.24) is 28.7 Å². The fraction of sp³-hybridized carbons (Fsp3) is 0.0870. The zero-order chi connectivity index (χ0) is 25.9. The molecule has 0 radical (unpaired) electrons. The van der Waals surface area contributed by atoms with Crippen LogP contribution in [0.3, 0.4) is 0 Å². The molecule has 0 aromatic carbocycles. The van der Waals surface area contributed by atoms with Gasteiger partial charge in [-0.25, -0.2) is 4.98 Å². The average Bonchev–Trinajstić information content (AvgIpc) is 3.66. The Morgan fingerprint density at radius 3 is 2.65 bits per heavy atom. The number of anilines is 1. The summed E-state index contributed by atoms with van der Waals surface area (Å²) in [5.41, 5.74) is 0.133. The van der Waals surface area contributed by atoms with E-state index in [1.54, 1.807) is 23.6 Å². The molecule has 5 rings (SSSR count). The second kappa shape index (κ2) is 10.7. The number of nitrogens with one attached hydrogen (secondary N) is 1. The van der Waals surface area contributed by atoms with Gasteiger partial charge in [0, 0.05) is 34.9 Å². The Balaban J connectivity index is 1.51. The third-order valence-electron chi connectivity index (χ3n) is 5.12. The SMILES string of the molecule is O=C(Cn1cc(Cl)cc(-c2cc(NCc3ccc(Cl)s3)n(C(=O)c3ccsn3)n2)c1=O)c1cnccn1. The highest BCUT2D eigenvalue weighted by Crippen LogP contribution is 2.26. The topological polar surface area (TPSA) is 125 Å². The molecule has 0 bridgehead atoms. The van der Waals surface area contributed by atoms with Gasteiger partial charge in [0.1, 0.15) is 22.9 Å². The number of hydrogen-bond donors (Lipinski definition) is 1. The first-order valence-electron chi connectivity index (χ1n) is 10.6. The van der Waals surface area contributed by atoms with Gasteiger partial charge in [-0.15, -0.1) is 11.3 Å². The fourth-order valence-corrected chi connectivity index (χ4v) is 5.19. The maximum atomic E-state index is 13.3. The van der Waals surface area contributed by atoms with E-state index >= 15 is 0 Å². The highest BCUT2D eigenvalue weighted by atomic mass is 35.5. The minimum absolute atomic E-state index is 0.117. The lowest BCUT2D eigenvalue weighted by molar-refractivity contribution is 0.0941. The molecule has 10 nitrogen and oxygen atoms in total. The molecule has 186 valence electrons. The van der Waals surface area contributed by atoms with Crippen molar-refractivity contribution < 1.29 is 9.59 Å². The van der Waals surface area contributed by atoms with E-state index in [0.29, 0.717) is 16.7 Å². The first-order chi connectivity index (χ1) is 17.9. The first-order valence-corrected chi connectivity index (χ1v) is 13.0. The highest BCUT2D eigenvalue weighted by molar-refractivity contribution is 7.16. The van der Waals surface area contributed by atoms with E-state index in [4.69, 9.17) is 23.2 Å². The Hall–Kier alpha value is -3.71. The third-order valence-corrected chi connectivity index (χ3v) is 7.12. The van der Waals surface area contributed by atoms with E-state index in [1.165, 1.54) is 46.8 Å². The monoisotopic (exact) mass is 571 g/mol. The van der Waals surface area contributed by atoms with Crippen molar-refractivity contribution in [3.8, 4) is 11.3 Å². The van der Waals surface area contributed by atoms with Crippen molar-refractivity contribution in [1.29, 1.82) is 0 Å². The Morgan fingerprint density at radius 2 is 1.95 bits per heavy atom. The van der Waals surface area contributed by atoms with Crippen LogP contribution in [-0.4, -0.2) is 40.4 Å². The molecule has 0 unspecified atom stereocenters. The molecule has 0 aliphatic carbocycles. The largest absolute Gasteiger partial charge is 0.365 e. The molecule has 14 heteroatoms. The van der Waals surface area contributed by atoms with Gasteiger partial charge in [0.05, 0.1) is 34.2 Å². The molecule has 0 spiro atoms. The van der Waals surface area contributed by atoms with Crippen LogP contribution in [0.15, 0.2) is 65.3 Å². The molecule has 5 heterocycles. The molecule has 0 fully saturated rings. The summed E-state index contributed by atoms with van der Waals surface area (Å²) in [5.74, 6) is -0.539. The smallest absolute Gasteiger partial charge is 0.299 e. The maximum absolute atomic E-state index is 13.3. The summed E-state index contributed by atoms with van der Waals surface area (Å²) < 4.78 is 7.06. The number of Topliss-reactive ketones (excluding diaryl/α,β-unsaturated/α-hetero) is 1. The molecule has 1 N–H and O–H groups in total. The van der Waals surface area contributed by atoms with Crippen molar-refractivity contribution in [3.63, 3.8) is 0 Å². The van der Waals surface area contributed by atoms with Crippen LogP contribution >= 0.6 is 46.1 Å². The molecule has 5 aromatic heterocycles. The first kappa shape index (κ1) is 25.0. The second-order valence-electron chi connectivity index (χ2n) is 7.59. The van der Waals surface area contributed by atoms with E-state index in [-0.39, 0.29) is 34.2 Å². The minimum Gasteiger partial charge on any atom is -0.365 e. The average molecular weight is 572 g/mol. The Morgan fingerprint density at radius 1 is 1.08 bits per heavy atom. The van der Waals surface area contributed by atoms with Crippen molar-refractivity contribution in [2.75, 3.05) is 5.32 Å². The number of ketones is 1. The van der Waals surface area contributed by atoms with Crippen molar-refractivity contribution in [2.45, 2.75) is 13.1 Å². The standard InChI is InChI=1S/C23H15Cl2N7O3S2/c24-13-7-15(22(34)31(11-13)12-19(33)18-10-26-4-5-27-18)17-8-21(28-9-14-1-2-20(25)37-14)32(29-17)23(35)16-3-6-36-30-16/h1-8,10-11,28H,9,12H2. The zero-order valence-electron chi connectivity index (χ0n) is 18.7. The van der Waals surface area contributed by atoms with Gasteiger partial charge in [-0.2, -0.15) is 14.2 Å². The summed E-state index contributed by atoms with van der Waals surface area (Å²) in [4.78, 5) is 47.9. The van der Waals surface area contributed by atoms with Crippen LogP contribution in [-0.2, 0) is 13.1 Å². The molecule has 5 aromatic rings. The predicted molar refractivity (Wildman–Crippen MR) is 142 cm³/mol. The van der Waals surface area contributed by atoms with Crippen LogP contribution < -0.4 is 10.9 Å². The summed E-state index contributed by atoms with van der Waals surface area (Å²) >= 11 is 14.9. The normalized spacial score (nSPS) is 11.0. The van der Waals surface area contributed by atoms with Gasteiger partial charge in [0.25, 0.3) is 11.5 Å². The predicted octanol–water partition coefficient (Wildman–Crippen LogP) is 4.51. The number of halogens is 2. The second-order valence-corrected chi connectivity index (χ2v) is 10.5. The summed E-state index contributed by atoms with van der Waals surface area (Å²) in [6, 6.07) is 8.25. The molecule has 0 atom stereocenters. The Kier molecular flexibility index (Phi) is 7.24. The number of nitrogens with zero attached hydrogens (tertiary/aromatic N) is 6. The quantitative estimate of drug-likeness (QED) is 0.270. The van der Waals surface area contributed by atoms with E-state index in [2.05, 4.69) is 24.8 Å². The number of aromatic nitrogens is 6. The van der Waals surface area contributed by atoms with E-state index in [9.17, 15) is 14.4 Å². The van der Waals surface area contributed by atoms with Gasteiger partial charge in [0.15, 0.2) is 0 Å². The van der Waals surface area contributed by atoms with Gasteiger partial charge in [-0.1, -0.05) is 23.2 Å². The summed E-state index contributed by atoms with van der Waals surface area (Å²) in [5, 5.41) is 9.47. The number of thiophene rings is 1. The van der Waals surface area contributed by atoms with E-state index < -0.39 is 17.2 Å². The lowest BCUT2D eigenvalue weighted by Crippen LogP contribution is -2.25. The highest BCUT2D eigenvalue weighted by Gasteiger charge is 2.21. The van der Waals surface area contributed by atoms with Crippen molar-refractivity contribution in [2.24, 2.45) is 0 Å². The minimum atomic E-state index is -0.510. The van der Waals surface area contributed by atoms with Gasteiger partial charge in [0.2, 0.25) is 5.78 Å². The van der Waals surface area contributed by atoms with Crippen LogP contribution in [0.2, 0.25) is 9.36 Å². The van der Waals surface area contributed by atoms with Gasteiger partial charge in [-0.3, -0.25) is 19.4 Å². The number of rotatable bonds is 8. The molecule has 0 aliphatic rings. The lowest BCUT2D eigenvalue weighted by Gasteiger charge is -2.07. The third kappa shape index (κ3) is 5.52. The molecule has 0 saturated carbocycles. The maximum Gasteiger partial charge on any atom is 0.299 e. The number of hydrogen-bond acceptors (Lipinski definition) is 10. The van der Waals surface area contributed by atoms with Crippen LogP contribution in [0, 0.1) is 0 Å². The lowest BCUT2D eigenvalue weighted by atomic mass is 10.2. The summed E-state index contributed by atoms with van der Waals surface area (Å²) in [7, 11) is 0. The summed E-state index contributed by atoms with van der Waals surface area (Å²) in [6.45, 7) is 0.0764. The number of carbonyl (C=O) groups excluding carboxylic acids is 2. The van der Waals surface area contributed by atoms with Crippen LogP contribution in [0.1, 0.15) is 25.9 Å². The Bertz CT molecular complexity index is 1650. The van der Waals surface area contributed by atoms with Gasteiger partial charge >= 0.3 is 0 Å². The summed E-state index contributed by atoms with van der Waals surface area (Å²) in [6.07, 6.45) is 5.52. The van der Waals surface area contributed by atoms with E-state index in [0.717, 1.165) is 21.1 Å². The van der Waals surface area contributed by atoms with Crippen LogP contribution in [0.5, 0.6) is 0 Å². The molecule has 0 aliphatic heterocycles. The van der Waals surface area contributed by atoms with Crippen LogP contribution in [0.4, 0.5) is 5.82 Å². The molecule has 0 amide bonds. The number of carbonyl (C=O) groups is 2. The molecule has 37 heavy (non-hydrogen) atoms. The molecule has 0 saturated heterocycles. The van der Waals surface area contributed by atoms with Crippen molar-refractivity contribution >= 4 is 63.6 Å². The Labute approximate surface area is 227 Å². The van der Waals surface area contributed by atoms with Crippen LogP contribution in [0.25, 0.3) is 11.3 Å².